The molecule has 90 valence electrons. The van der Waals surface area contributed by atoms with E-state index in [0.29, 0.717) is 5.82 Å². The Hall–Kier alpha value is -0.930. The van der Waals surface area contributed by atoms with Gasteiger partial charge in [-0.2, -0.15) is 0 Å². The fourth-order valence-electron chi connectivity index (χ4n) is 0.912. The summed E-state index contributed by atoms with van der Waals surface area (Å²) in [5, 5.41) is 2.75. The molecule has 0 atom stereocenters. The Balaban J connectivity index is 2.63. The lowest BCUT2D eigenvalue weighted by Gasteiger charge is -2.06. The maximum atomic E-state index is 11.1. The summed E-state index contributed by atoms with van der Waals surface area (Å²) < 4.78 is 24.6. The number of aromatic nitrogens is 2. The van der Waals surface area contributed by atoms with E-state index in [1.807, 2.05) is 0 Å². The average molecular weight is 311 g/mol. The van der Waals surface area contributed by atoms with Crippen LogP contribution in [0, 0.1) is 0 Å². The standard InChI is InChI=1S/C7H11BrN4O3S/c1-9-16(14,15)3-2-10-6-5(8)7(13)12-4-11-6/h4,9H,2-3H2,1H3,(H2,10,11,12,13). The number of hydrogen-bond acceptors (Lipinski definition) is 5. The van der Waals surface area contributed by atoms with Crippen molar-refractivity contribution in [1.29, 1.82) is 0 Å². The molecule has 16 heavy (non-hydrogen) atoms. The molecule has 0 bridgehead atoms. The van der Waals surface area contributed by atoms with Crippen molar-refractivity contribution >= 4 is 31.8 Å². The molecular weight excluding hydrogens is 300 g/mol. The van der Waals surface area contributed by atoms with Crippen molar-refractivity contribution in [2.24, 2.45) is 0 Å². The first-order chi connectivity index (χ1) is 7.46. The minimum Gasteiger partial charge on any atom is -0.368 e. The van der Waals surface area contributed by atoms with Crippen molar-refractivity contribution in [2.45, 2.75) is 0 Å². The van der Waals surface area contributed by atoms with Crippen molar-refractivity contribution in [3.05, 3.63) is 21.2 Å². The maximum absolute atomic E-state index is 11.1. The predicted molar refractivity (Wildman–Crippen MR) is 63.9 cm³/mol. The molecule has 0 radical (unpaired) electrons. The number of anilines is 1. The summed E-state index contributed by atoms with van der Waals surface area (Å²) in [5.74, 6) is 0.222. The highest BCUT2D eigenvalue weighted by atomic mass is 79.9. The lowest BCUT2D eigenvalue weighted by atomic mass is 10.5. The van der Waals surface area contributed by atoms with Gasteiger partial charge < -0.3 is 10.3 Å². The second kappa shape index (κ2) is 5.41. The van der Waals surface area contributed by atoms with E-state index in [1.54, 1.807) is 0 Å². The molecule has 1 rings (SSSR count). The summed E-state index contributed by atoms with van der Waals surface area (Å²) in [7, 11) is -1.91. The van der Waals surface area contributed by atoms with Crippen LogP contribution < -0.4 is 15.6 Å². The van der Waals surface area contributed by atoms with Crippen molar-refractivity contribution < 1.29 is 8.42 Å². The molecule has 0 aliphatic heterocycles. The lowest BCUT2D eigenvalue weighted by Crippen LogP contribution is -2.26. The van der Waals surface area contributed by atoms with Gasteiger partial charge in [0.1, 0.15) is 10.3 Å². The van der Waals surface area contributed by atoms with Crippen LogP contribution in [0.15, 0.2) is 15.6 Å². The molecule has 0 aliphatic carbocycles. The molecule has 0 amide bonds. The number of sulfonamides is 1. The fourth-order valence-corrected chi connectivity index (χ4v) is 1.84. The Labute approximate surface area is 101 Å². The van der Waals surface area contributed by atoms with Crippen LogP contribution in [-0.4, -0.2) is 37.7 Å². The fraction of sp³-hybridized carbons (Fsp3) is 0.429. The Kier molecular flexibility index (Phi) is 4.44. The molecule has 0 saturated heterocycles. The number of nitrogens with zero attached hydrogens (tertiary/aromatic N) is 1. The number of rotatable bonds is 5. The molecule has 0 unspecified atom stereocenters. The van der Waals surface area contributed by atoms with Crippen LogP contribution in [0.25, 0.3) is 0 Å². The third kappa shape index (κ3) is 3.58. The molecule has 0 aliphatic rings. The quantitative estimate of drug-likeness (QED) is 0.680. The van der Waals surface area contributed by atoms with Crippen LogP contribution in [0.5, 0.6) is 0 Å². The van der Waals surface area contributed by atoms with Crippen molar-refractivity contribution in [1.82, 2.24) is 14.7 Å². The van der Waals surface area contributed by atoms with Gasteiger partial charge in [0.15, 0.2) is 0 Å². The zero-order chi connectivity index (χ0) is 12.2. The minimum absolute atomic E-state index is 0.0928. The van der Waals surface area contributed by atoms with Gasteiger partial charge in [0.2, 0.25) is 10.0 Å². The minimum atomic E-state index is -3.25. The van der Waals surface area contributed by atoms with E-state index in [9.17, 15) is 13.2 Å². The molecule has 0 saturated carbocycles. The molecule has 1 aromatic rings. The highest BCUT2D eigenvalue weighted by Gasteiger charge is 2.08. The predicted octanol–water partition coefficient (Wildman–Crippen LogP) is -0.507. The van der Waals surface area contributed by atoms with Crippen molar-refractivity contribution in [3.8, 4) is 0 Å². The second-order valence-electron chi connectivity index (χ2n) is 2.84. The summed E-state index contributed by atoms with van der Waals surface area (Å²) in [4.78, 5) is 17.4. The van der Waals surface area contributed by atoms with E-state index in [0.717, 1.165) is 0 Å². The van der Waals surface area contributed by atoms with Crippen LogP contribution in [0.3, 0.4) is 0 Å². The van der Waals surface area contributed by atoms with E-state index in [4.69, 9.17) is 0 Å². The monoisotopic (exact) mass is 310 g/mol. The summed E-state index contributed by atoms with van der Waals surface area (Å²) in [6.45, 7) is 0.165. The van der Waals surface area contributed by atoms with Crippen LogP contribution in [0.4, 0.5) is 5.82 Å². The van der Waals surface area contributed by atoms with E-state index in [-0.39, 0.29) is 22.3 Å². The van der Waals surface area contributed by atoms with Gasteiger partial charge in [0.05, 0.1) is 12.1 Å². The van der Waals surface area contributed by atoms with Gasteiger partial charge in [-0.25, -0.2) is 18.1 Å². The summed E-state index contributed by atoms with van der Waals surface area (Å²) in [6, 6.07) is 0. The van der Waals surface area contributed by atoms with Gasteiger partial charge >= 0.3 is 0 Å². The second-order valence-corrected chi connectivity index (χ2v) is 5.68. The number of aromatic amines is 1. The van der Waals surface area contributed by atoms with Gasteiger partial charge in [-0.15, -0.1) is 0 Å². The van der Waals surface area contributed by atoms with E-state index in [1.165, 1.54) is 13.4 Å². The van der Waals surface area contributed by atoms with Gasteiger partial charge in [-0.05, 0) is 23.0 Å². The maximum Gasteiger partial charge on any atom is 0.267 e. The first-order valence-electron chi connectivity index (χ1n) is 4.34. The molecule has 9 heteroatoms. The Bertz CT molecular complexity index is 513. The molecule has 0 spiro atoms. The highest BCUT2D eigenvalue weighted by Crippen LogP contribution is 2.12. The highest BCUT2D eigenvalue weighted by molar-refractivity contribution is 9.10. The zero-order valence-corrected chi connectivity index (χ0v) is 10.9. The average Bonchev–Trinajstić information content (AvgIpc) is 2.24. The largest absolute Gasteiger partial charge is 0.368 e. The molecule has 7 nitrogen and oxygen atoms in total. The molecule has 0 fully saturated rings. The van der Waals surface area contributed by atoms with Crippen molar-refractivity contribution in [3.63, 3.8) is 0 Å². The van der Waals surface area contributed by atoms with E-state index in [2.05, 4.69) is 35.9 Å². The van der Waals surface area contributed by atoms with Gasteiger partial charge in [-0.1, -0.05) is 0 Å². The third-order valence-electron chi connectivity index (χ3n) is 1.77. The van der Waals surface area contributed by atoms with Crippen LogP contribution >= 0.6 is 15.9 Å². The Morgan fingerprint density at radius 2 is 2.25 bits per heavy atom. The van der Waals surface area contributed by atoms with Crippen LogP contribution in [-0.2, 0) is 10.0 Å². The van der Waals surface area contributed by atoms with Gasteiger partial charge in [-0.3, -0.25) is 4.79 Å². The molecule has 0 aromatic carbocycles. The van der Waals surface area contributed by atoms with Crippen LogP contribution in [0.1, 0.15) is 0 Å². The Morgan fingerprint density at radius 3 is 2.88 bits per heavy atom. The number of hydrogen-bond donors (Lipinski definition) is 3. The summed E-state index contributed by atoms with van der Waals surface area (Å²) in [6.07, 6.45) is 1.24. The molecule has 3 N–H and O–H groups in total. The number of halogens is 1. The third-order valence-corrected chi connectivity index (χ3v) is 3.87. The number of nitrogens with one attached hydrogen (secondary N) is 3. The molecule has 1 heterocycles. The van der Waals surface area contributed by atoms with E-state index < -0.39 is 10.0 Å². The first kappa shape index (κ1) is 13.1. The van der Waals surface area contributed by atoms with Gasteiger partial charge in [0, 0.05) is 6.54 Å². The number of H-pyrrole nitrogens is 1. The van der Waals surface area contributed by atoms with E-state index >= 15 is 0 Å². The first-order valence-corrected chi connectivity index (χ1v) is 6.79. The molecular formula is C7H11BrN4O3S. The summed E-state index contributed by atoms with van der Waals surface area (Å²) in [5.41, 5.74) is -0.325. The SMILES string of the molecule is CNS(=O)(=O)CCNc1nc[nH]c(=O)c1Br. The topological polar surface area (TPSA) is 104 Å². The van der Waals surface area contributed by atoms with Gasteiger partial charge in [0.25, 0.3) is 5.56 Å². The molecule has 1 aromatic heterocycles. The van der Waals surface area contributed by atoms with Crippen molar-refractivity contribution in [2.75, 3.05) is 24.7 Å². The lowest BCUT2D eigenvalue weighted by molar-refractivity contribution is 0.588. The normalized spacial score (nSPS) is 11.4. The zero-order valence-electron chi connectivity index (χ0n) is 8.45. The smallest absolute Gasteiger partial charge is 0.267 e. The van der Waals surface area contributed by atoms with Crippen LogP contribution in [0.2, 0.25) is 0 Å². The summed E-state index contributed by atoms with van der Waals surface area (Å²) >= 11 is 3.04. The Morgan fingerprint density at radius 1 is 1.56 bits per heavy atom.